The molecule has 5 nitrogen and oxygen atoms in total. The topological polar surface area (TPSA) is 53.7 Å². The third-order valence-corrected chi connectivity index (χ3v) is 3.66. The second kappa shape index (κ2) is 7.11. The van der Waals surface area contributed by atoms with Crippen LogP contribution in [0.15, 0.2) is 29.4 Å². The van der Waals surface area contributed by atoms with Crippen molar-refractivity contribution in [3.63, 3.8) is 0 Å². The molecule has 3 rings (SSSR count). The fourth-order valence-corrected chi connectivity index (χ4v) is 2.24. The molecule has 0 unspecified atom stereocenters. The molecule has 1 fully saturated rings. The SMILES string of the molecule is CN=C(NCc1cn2c(C)cccc2n1)NCC1CC1.I. The van der Waals surface area contributed by atoms with Gasteiger partial charge in [-0.2, -0.15) is 0 Å². The van der Waals surface area contributed by atoms with Gasteiger partial charge in [0.1, 0.15) is 5.65 Å². The van der Waals surface area contributed by atoms with E-state index < -0.39 is 0 Å². The lowest BCUT2D eigenvalue weighted by molar-refractivity contribution is 0.734. The van der Waals surface area contributed by atoms with E-state index in [1.165, 1.54) is 18.5 Å². The standard InChI is InChI=1S/C15H21N5.HI/c1-11-4-3-5-14-19-13(10-20(11)14)9-18-15(16-2)17-8-12-6-7-12;/h3-5,10,12H,6-9H2,1-2H3,(H2,16,17,18);1H. The number of guanidine groups is 1. The predicted octanol–water partition coefficient (Wildman–Crippen LogP) is 2.34. The Morgan fingerprint density at radius 2 is 2.19 bits per heavy atom. The van der Waals surface area contributed by atoms with Crippen LogP contribution in [0.25, 0.3) is 5.65 Å². The van der Waals surface area contributed by atoms with E-state index in [4.69, 9.17) is 0 Å². The van der Waals surface area contributed by atoms with Crippen molar-refractivity contribution in [1.29, 1.82) is 0 Å². The van der Waals surface area contributed by atoms with Crippen LogP contribution >= 0.6 is 24.0 Å². The van der Waals surface area contributed by atoms with Gasteiger partial charge in [0.2, 0.25) is 0 Å². The molecule has 0 bridgehead atoms. The van der Waals surface area contributed by atoms with E-state index in [1.54, 1.807) is 7.05 Å². The number of imidazole rings is 1. The van der Waals surface area contributed by atoms with Gasteiger partial charge in [-0.05, 0) is 37.8 Å². The third kappa shape index (κ3) is 4.09. The number of pyridine rings is 1. The van der Waals surface area contributed by atoms with Crippen LogP contribution in [0.1, 0.15) is 24.2 Å². The van der Waals surface area contributed by atoms with Crippen molar-refractivity contribution in [2.75, 3.05) is 13.6 Å². The maximum atomic E-state index is 4.61. The Balaban J connectivity index is 0.00000161. The summed E-state index contributed by atoms with van der Waals surface area (Å²) in [6.07, 6.45) is 4.76. The summed E-state index contributed by atoms with van der Waals surface area (Å²) >= 11 is 0. The van der Waals surface area contributed by atoms with Gasteiger partial charge in [0.05, 0.1) is 12.2 Å². The second-order valence-corrected chi connectivity index (χ2v) is 5.38. The third-order valence-electron chi connectivity index (χ3n) is 3.66. The average Bonchev–Trinajstić information content (AvgIpc) is 3.18. The Bertz CT molecular complexity index is 630. The minimum Gasteiger partial charge on any atom is -0.356 e. The van der Waals surface area contributed by atoms with Crippen LogP contribution in [0.2, 0.25) is 0 Å². The fraction of sp³-hybridized carbons (Fsp3) is 0.467. The van der Waals surface area contributed by atoms with Gasteiger partial charge in [-0.15, -0.1) is 24.0 Å². The number of nitrogens with one attached hydrogen (secondary N) is 2. The summed E-state index contributed by atoms with van der Waals surface area (Å²) in [7, 11) is 1.80. The molecule has 0 aromatic carbocycles. The molecule has 1 aliphatic rings. The maximum absolute atomic E-state index is 4.61. The summed E-state index contributed by atoms with van der Waals surface area (Å²) in [5.74, 6) is 1.69. The molecule has 0 radical (unpaired) electrons. The average molecular weight is 399 g/mol. The van der Waals surface area contributed by atoms with Gasteiger partial charge in [-0.3, -0.25) is 4.99 Å². The highest BCUT2D eigenvalue weighted by atomic mass is 127. The summed E-state index contributed by atoms with van der Waals surface area (Å²) in [5.41, 5.74) is 3.20. The number of fused-ring (bicyclic) bond motifs is 1. The van der Waals surface area contributed by atoms with E-state index in [0.29, 0.717) is 6.54 Å². The fourth-order valence-electron chi connectivity index (χ4n) is 2.24. The highest BCUT2D eigenvalue weighted by Crippen LogP contribution is 2.27. The second-order valence-electron chi connectivity index (χ2n) is 5.38. The van der Waals surface area contributed by atoms with Crippen LogP contribution in [0.3, 0.4) is 0 Å². The zero-order valence-corrected chi connectivity index (χ0v) is 14.8. The highest BCUT2D eigenvalue weighted by Gasteiger charge is 2.21. The summed E-state index contributed by atoms with van der Waals surface area (Å²) in [5, 5.41) is 6.66. The molecule has 1 saturated carbocycles. The van der Waals surface area contributed by atoms with Gasteiger partial charge in [0.25, 0.3) is 0 Å². The number of aliphatic imine (C=N–C) groups is 1. The molecular weight excluding hydrogens is 377 g/mol. The monoisotopic (exact) mass is 399 g/mol. The zero-order valence-electron chi connectivity index (χ0n) is 12.5. The Labute approximate surface area is 142 Å². The van der Waals surface area contributed by atoms with Crippen LogP contribution in [-0.2, 0) is 6.54 Å². The molecule has 2 heterocycles. The number of aryl methyl sites for hydroxylation is 1. The van der Waals surface area contributed by atoms with Crippen LogP contribution in [0, 0.1) is 12.8 Å². The van der Waals surface area contributed by atoms with E-state index in [1.807, 2.05) is 12.1 Å². The highest BCUT2D eigenvalue weighted by molar-refractivity contribution is 14.0. The molecule has 6 heteroatoms. The molecule has 2 N–H and O–H groups in total. The summed E-state index contributed by atoms with van der Waals surface area (Å²) in [4.78, 5) is 8.84. The first-order chi connectivity index (χ1) is 9.76. The van der Waals surface area contributed by atoms with Gasteiger partial charge in [0, 0.05) is 25.5 Å². The van der Waals surface area contributed by atoms with E-state index in [2.05, 4.69) is 44.2 Å². The number of halogens is 1. The zero-order chi connectivity index (χ0) is 13.9. The van der Waals surface area contributed by atoms with Crippen molar-refractivity contribution < 1.29 is 0 Å². The Morgan fingerprint density at radius 1 is 1.38 bits per heavy atom. The van der Waals surface area contributed by atoms with E-state index in [-0.39, 0.29) is 24.0 Å². The van der Waals surface area contributed by atoms with Gasteiger partial charge >= 0.3 is 0 Å². The molecule has 0 aliphatic heterocycles. The first-order valence-electron chi connectivity index (χ1n) is 7.14. The summed E-state index contributed by atoms with van der Waals surface area (Å²) in [6, 6.07) is 6.14. The Hall–Kier alpha value is -1.31. The van der Waals surface area contributed by atoms with Gasteiger partial charge in [-0.25, -0.2) is 4.98 Å². The molecule has 1 aliphatic carbocycles. The normalized spacial score (nSPS) is 14.9. The molecule has 0 amide bonds. The van der Waals surface area contributed by atoms with Gasteiger partial charge in [-0.1, -0.05) is 6.07 Å². The Kier molecular flexibility index (Phi) is 5.44. The number of nitrogens with zero attached hydrogens (tertiary/aromatic N) is 3. The summed E-state index contributed by atoms with van der Waals surface area (Å²) < 4.78 is 2.11. The van der Waals surface area contributed by atoms with Crippen LogP contribution < -0.4 is 10.6 Å². The smallest absolute Gasteiger partial charge is 0.191 e. The Morgan fingerprint density at radius 3 is 2.86 bits per heavy atom. The van der Waals surface area contributed by atoms with Crippen molar-refractivity contribution in [3.8, 4) is 0 Å². The predicted molar refractivity (Wildman–Crippen MR) is 96.3 cm³/mol. The van der Waals surface area contributed by atoms with E-state index >= 15 is 0 Å². The lowest BCUT2D eigenvalue weighted by atomic mass is 10.4. The quantitative estimate of drug-likeness (QED) is 0.472. The van der Waals surface area contributed by atoms with Crippen molar-refractivity contribution in [1.82, 2.24) is 20.0 Å². The lowest BCUT2D eigenvalue weighted by Gasteiger charge is -2.09. The van der Waals surface area contributed by atoms with Crippen LogP contribution in [0.5, 0.6) is 0 Å². The summed E-state index contributed by atoms with van der Waals surface area (Å²) in [6.45, 7) is 3.79. The van der Waals surface area contributed by atoms with E-state index in [9.17, 15) is 0 Å². The van der Waals surface area contributed by atoms with Crippen LogP contribution in [0.4, 0.5) is 0 Å². The lowest BCUT2D eigenvalue weighted by Crippen LogP contribution is -2.37. The van der Waals surface area contributed by atoms with Gasteiger partial charge in [0.15, 0.2) is 5.96 Å². The number of aromatic nitrogens is 2. The minimum atomic E-state index is 0. The van der Waals surface area contributed by atoms with Crippen LogP contribution in [-0.4, -0.2) is 28.9 Å². The number of hydrogen-bond acceptors (Lipinski definition) is 2. The molecular formula is C15H22IN5. The minimum absolute atomic E-state index is 0. The molecule has 21 heavy (non-hydrogen) atoms. The van der Waals surface area contributed by atoms with Crippen molar-refractivity contribution in [3.05, 3.63) is 35.8 Å². The molecule has 0 spiro atoms. The molecule has 2 aromatic rings. The molecule has 0 saturated heterocycles. The number of hydrogen-bond donors (Lipinski definition) is 2. The van der Waals surface area contributed by atoms with Crippen molar-refractivity contribution in [2.24, 2.45) is 10.9 Å². The van der Waals surface area contributed by atoms with Crippen molar-refractivity contribution in [2.45, 2.75) is 26.3 Å². The van der Waals surface area contributed by atoms with Crippen molar-refractivity contribution >= 4 is 35.6 Å². The number of rotatable bonds is 4. The van der Waals surface area contributed by atoms with E-state index in [0.717, 1.165) is 29.8 Å². The van der Waals surface area contributed by atoms with Gasteiger partial charge < -0.3 is 15.0 Å². The maximum Gasteiger partial charge on any atom is 0.191 e. The first-order valence-corrected chi connectivity index (χ1v) is 7.14. The first kappa shape index (κ1) is 16.1. The molecule has 0 atom stereocenters. The largest absolute Gasteiger partial charge is 0.356 e. The molecule has 2 aromatic heterocycles. The molecule has 114 valence electrons.